The van der Waals surface area contributed by atoms with Crippen LogP contribution in [0.15, 0.2) is 48.0 Å². The van der Waals surface area contributed by atoms with E-state index in [4.69, 9.17) is 16.4 Å². The van der Waals surface area contributed by atoms with Gasteiger partial charge in [-0.15, -0.1) is 0 Å². The van der Waals surface area contributed by atoms with Gasteiger partial charge in [0.2, 0.25) is 6.41 Å². The molecular weight excluding hydrogens is 486 g/mol. The number of carbonyl (C=O) groups is 1. The van der Waals surface area contributed by atoms with Crippen molar-refractivity contribution in [3.63, 3.8) is 0 Å². The number of rotatable bonds is 6. The lowest BCUT2D eigenvalue weighted by Crippen LogP contribution is -2.47. The molecule has 1 aliphatic carbocycles. The Labute approximate surface area is 228 Å². The predicted octanol–water partition coefficient (Wildman–Crippen LogP) is 7.13. The van der Waals surface area contributed by atoms with Crippen molar-refractivity contribution < 1.29 is 4.79 Å². The summed E-state index contributed by atoms with van der Waals surface area (Å²) in [6.07, 6.45) is 4.13. The third kappa shape index (κ3) is 7.77. The lowest BCUT2D eigenvalue weighted by Gasteiger charge is -2.39. The molecule has 1 aliphatic heterocycles. The number of nitrogens with one attached hydrogen (secondary N) is 1. The number of nitrogens with zero attached hydrogens (tertiary/aromatic N) is 2. The van der Waals surface area contributed by atoms with E-state index in [9.17, 15) is 0 Å². The molecule has 1 heterocycles. The van der Waals surface area contributed by atoms with Crippen LogP contribution in [0.4, 0.5) is 5.69 Å². The number of benzene rings is 2. The van der Waals surface area contributed by atoms with E-state index >= 15 is 0 Å². The van der Waals surface area contributed by atoms with Gasteiger partial charge in [0.1, 0.15) is 0 Å². The quantitative estimate of drug-likeness (QED) is 0.309. The zero-order valence-electron chi connectivity index (χ0n) is 22.5. The van der Waals surface area contributed by atoms with Crippen LogP contribution in [0.3, 0.4) is 0 Å². The zero-order valence-corrected chi connectivity index (χ0v) is 24.1. The van der Waals surface area contributed by atoms with Crippen LogP contribution < -0.4 is 9.62 Å². The smallest absolute Gasteiger partial charge is 0.216 e. The lowest BCUT2D eigenvalue weighted by molar-refractivity contribution is -0.107. The van der Waals surface area contributed by atoms with Gasteiger partial charge >= 0.3 is 0 Å². The third-order valence-corrected chi connectivity index (χ3v) is 7.83. The molecule has 0 aromatic heterocycles. The maximum absolute atomic E-state index is 8.99. The number of piperazine rings is 1. The normalized spacial score (nSPS) is 18.1. The van der Waals surface area contributed by atoms with Gasteiger partial charge in [0.15, 0.2) is 0 Å². The SMILES string of the molecule is Cc1ccc(N2CCN(CC3=C(c4ccc(Cl)cc4)CC(C)(C)CC3)CC2)cc1C(C)C.O=CNS. The maximum atomic E-state index is 8.99. The highest BCUT2D eigenvalue weighted by Gasteiger charge is 2.29. The van der Waals surface area contributed by atoms with Gasteiger partial charge in [0.05, 0.1) is 0 Å². The number of aryl methyl sites for hydroxylation is 1. The average molecular weight is 528 g/mol. The number of amides is 1. The van der Waals surface area contributed by atoms with Crippen molar-refractivity contribution in [2.75, 3.05) is 37.6 Å². The fraction of sp³-hybridized carbons (Fsp3) is 0.500. The number of thiol groups is 1. The van der Waals surface area contributed by atoms with Gasteiger partial charge in [0, 0.05) is 43.4 Å². The zero-order chi connectivity index (χ0) is 26.3. The second-order valence-corrected chi connectivity index (χ2v) is 11.8. The summed E-state index contributed by atoms with van der Waals surface area (Å²) in [6.45, 7) is 17.2. The van der Waals surface area contributed by atoms with Gasteiger partial charge in [-0.1, -0.05) is 75.9 Å². The largest absolute Gasteiger partial charge is 0.369 e. The minimum absolute atomic E-state index is 0.372. The van der Waals surface area contributed by atoms with Crippen molar-refractivity contribution in [2.45, 2.75) is 59.8 Å². The summed E-state index contributed by atoms with van der Waals surface area (Å²) in [4.78, 5) is 14.2. The maximum Gasteiger partial charge on any atom is 0.216 e. The number of halogens is 1. The molecule has 2 aromatic rings. The summed E-state index contributed by atoms with van der Waals surface area (Å²) in [5.74, 6) is 0.574. The van der Waals surface area contributed by atoms with Gasteiger partial charge in [-0.3, -0.25) is 9.69 Å². The van der Waals surface area contributed by atoms with E-state index < -0.39 is 0 Å². The molecule has 2 aromatic carbocycles. The van der Waals surface area contributed by atoms with Crippen molar-refractivity contribution in [1.82, 2.24) is 9.62 Å². The summed E-state index contributed by atoms with van der Waals surface area (Å²) in [5.41, 5.74) is 9.20. The van der Waals surface area contributed by atoms with E-state index in [0.717, 1.165) is 44.2 Å². The van der Waals surface area contributed by atoms with Crippen LogP contribution in [0, 0.1) is 12.3 Å². The van der Waals surface area contributed by atoms with Crippen LogP contribution >= 0.6 is 24.4 Å². The van der Waals surface area contributed by atoms with E-state index in [1.165, 1.54) is 35.2 Å². The molecule has 196 valence electrons. The Hall–Kier alpha value is -1.95. The summed E-state index contributed by atoms with van der Waals surface area (Å²) >= 11 is 9.47. The molecule has 0 spiro atoms. The molecule has 1 fully saturated rings. The number of hydrogen-bond donors (Lipinski definition) is 2. The first-order valence-corrected chi connectivity index (χ1v) is 13.8. The predicted molar refractivity (Wildman–Crippen MR) is 158 cm³/mol. The van der Waals surface area contributed by atoms with Crippen molar-refractivity contribution in [3.8, 4) is 0 Å². The Kier molecular flexibility index (Phi) is 10.4. The average Bonchev–Trinajstić information content (AvgIpc) is 2.86. The topological polar surface area (TPSA) is 35.6 Å². The standard InChI is InChI=1S/C29H39ClN2.CH3NOS/c1-21(2)27-18-26(11-6-22(27)3)32-16-14-31(15-17-32)20-24-12-13-29(4,5)19-28(24)23-7-9-25(30)10-8-23;3-1-2-4/h6-11,18,21H,12-17,19-20H2,1-5H3;1,4H,(H,2,3). The molecule has 0 bridgehead atoms. The Morgan fingerprint density at radius 1 is 1.08 bits per heavy atom. The number of allylic oxidation sites excluding steroid dienone is 1. The highest BCUT2D eigenvalue weighted by molar-refractivity contribution is 7.78. The van der Waals surface area contributed by atoms with E-state index in [-0.39, 0.29) is 0 Å². The number of anilines is 1. The van der Waals surface area contributed by atoms with Crippen molar-refractivity contribution in [2.24, 2.45) is 5.41 Å². The molecule has 0 unspecified atom stereocenters. The van der Waals surface area contributed by atoms with Gasteiger partial charge in [-0.05, 0) is 84.0 Å². The second kappa shape index (κ2) is 13.0. The monoisotopic (exact) mass is 527 g/mol. The molecule has 1 amide bonds. The van der Waals surface area contributed by atoms with Crippen LogP contribution in [0.25, 0.3) is 5.57 Å². The van der Waals surface area contributed by atoms with Gasteiger partial charge in [0.25, 0.3) is 0 Å². The van der Waals surface area contributed by atoms with E-state index in [2.05, 4.69) is 87.6 Å². The van der Waals surface area contributed by atoms with Crippen molar-refractivity contribution in [3.05, 3.63) is 69.8 Å². The van der Waals surface area contributed by atoms with Crippen LogP contribution in [-0.2, 0) is 4.79 Å². The summed E-state index contributed by atoms with van der Waals surface area (Å²) in [6, 6.07) is 15.5. The molecule has 1 N–H and O–H groups in total. The van der Waals surface area contributed by atoms with Crippen LogP contribution in [0.2, 0.25) is 5.02 Å². The fourth-order valence-corrected chi connectivity index (χ4v) is 5.47. The van der Waals surface area contributed by atoms with Gasteiger partial charge < -0.3 is 9.62 Å². The summed E-state index contributed by atoms with van der Waals surface area (Å²) in [7, 11) is 0. The second-order valence-electron chi connectivity index (χ2n) is 11.1. The molecule has 1 saturated heterocycles. The molecule has 4 rings (SSSR count). The molecule has 0 saturated carbocycles. The number of hydrogen-bond acceptors (Lipinski definition) is 4. The minimum Gasteiger partial charge on any atom is -0.369 e. The molecule has 2 aliphatic rings. The van der Waals surface area contributed by atoms with Crippen LogP contribution in [0.1, 0.15) is 69.6 Å². The third-order valence-electron chi connectivity index (χ3n) is 7.47. The molecule has 4 nitrogen and oxygen atoms in total. The molecule has 36 heavy (non-hydrogen) atoms. The first-order valence-electron chi connectivity index (χ1n) is 13.0. The number of carbonyl (C=O) groups excluding carboxylic acids is 1. The van der Waals surface area contributed by atoms with E-state index in [1.807, 2.05) is 16.9 Å². The summed E-state index contributed by atoms with van der Waals surface area (Å²) < 4.78 is 1.94. The first kappa shape index (κ1) is 28.6. The van der Waals surface area contributed by atoms with E-state index in [0.29, 0.717) is 17.7 Å². The highest BCUT2D eigenvalue weighted by atomic mass is 35.5. The molecule has 6 heteroatoms. The Morgan fingerprint density at radius 2 is 1.72 bits per heavy atom. The lowest BCUT2D eigenvalue weighted by atomic mass is 9.72. The highest BCUT2D eigenvalue weighted by Crippen LogP contribution is 2.43. The van der Waals surface area contributed by atoms with Crippen LogP contribution in [0.5, 0.6) is 0 Å². The Bertz CT molecular complexity index is 1040. The first-order chi connectivity index (χ1) is 17.1. The molecule has 0 atom stereocenters. The molecular formula is C30H42ClN3OS. The molecule has 0 radical (unpaired) electrons. The minimum atomic E-state index is 0.372. The van der Waals surface area contributed by atoms with Gasteiger partial charge in [-0.2, -0.15) is 0 Å². The Balaban J connectivity index is 0.000000840. The summed E-state index contributed by atoms with van der Waals surface area (Å²) in [5, 5.41) is 0.818. The van der Waals surface area contributed by atoms with Crippen LogP contribution in [-0.4, -0.2) is 44.0 Å². The Morgan fingerprint density at radius 3 is 2.31 bits per heavy atom. The van der Waals surface area contributed by atoms with E-state index in [1.54, 1.807) is 11.1 Å². The van der Waals surface area contributed by atoms with Crippen molar-refractivity contribution >= 4 is 42.1 Å². The van der Waals surface area contributed by atoms with Gasteiger partial charge in [-0.25, -0.2) is 0 Å². The van der Waals surface area contributed by atoms with Crippen molar-refractivity contribution in [1.29, 1.82) is 0 Å². The fourth-order valence-electron chi connectivity index (χ4n) is 5.34.